The predicted octanol–water partition coefficient (Wildman–Crippen LogP) is 17.2. The molecule has 0 spiro atoms. The Morgan fingerprint density at radius 3 is 1.16 bits per heavy atom. The summed E-state index contributed by atoms with van der Waals surface area (Å²) in [7, 11) is 5.69. The number of rotatable bonds is 35. The highest BCUT2D eigenvalue weighted by molar-refractivity contribution is 6.17. The largest absolute Gasteiger partial charge is 0.493 e. The van der Waals surface area contributed by atoms with Crippen LogP contribution in [0.4, 0.5) is 45.5 Å². The van der Waals surface area contributed by atoms with Crippen LogP contribution in [0, 0.1) is 25.7 Å². The minimum atomic E-state index is -1.04. The van der Waals surface area contributed by atoms with Gasteiger partial charge in [-0.3, -0.25) is 77.3 Å². The van der Waals surface area contributed by atoms with Crippen LogP contribution < -0.4 is 69.7 Å². The number of hydrogen-bond donors (Lipinski definition) is 5. The van der Waals surface area contributed by atoms with Gasteiger partial charge in [-0.2, -0.15) is 0 Å². The molecule has 31 nitrogen and oxygen atoms in total. The van der Waals surface area contributed by atoms with Gasteiger partial charge in [0.15, 0.2) is 34.6 Å². The lowest BCUT2D eigenvalue weighted by molar-refractivity contribution is -0.143. The third kappa shape index (κ3) is 23.6. The average Bonchev–Trinajstić information content (AvgIpc) is 1.63. The first-order chi connectivity index (χ1) is 69.9. The topological polar surface area (TPSA) is 399 Å². The number of nitrogens with zero attached hydrogens (tertiary/aromatic N) is 6. The van der Waals surface area contributed by atoms with E-state index in [1.54, 1.807) is 68.5 Å². The number of methoxy groups -OCH3 is 4. The molecule has 0 bridgehead atoms. The zero-order valence-corrected chi connectivity index (χ0v) is 83.0. The molecule has 8 heterocycles. The molecule has 0 saturated carbocycles. The summed E-state index contributed by atoms with van der Waals surface area (Å²) in [5.74, 6) is -2.04. The summed E-state index contributed by atoms with van der Waals surface area (Å²) in [6.45, 7) is 10.8. The molecule has 6 N–H and O–H groups in total. The van der Waals surface area contributed by atoms with E-state index in [-0.39, 0.29) is 141 Å². The van der Waals surface area contributed by atoms with Crippen LogP contribution in [0.25, 0.3) is 0 Å². The SMILES string of the molecule is COC(=O)CCCCC(=O)N[C@@H](C)C(=O)C[C@@H](C)C(=O)Nc1cc(COc2cc3c(cc2C)C(=O)N2c4ccccc4C[C@H]2CC3)cc(COc2cc3c(cc2OC)C(=O)N2c4ccccc4C[C@H]2C=N3)c1.COC(=O)CCCCC(=O)N[C@@H](C)C(=O)C[C@@H](C)C(=O)O.COc1cc2c(cc1OCc1cc(N)cc(COc3cc4c(cc3C)C(=O)N3c5ccccc5C[C@H]3CC4)c1)N=C[C@@H]1Cc3ccccc3N1C2=O. The van der Waals surface area contributed by atoms with Crippen molar-refractivity contribution in [3.63, 3.8) is 0 Å². The molecule has 145 heavy (non-hydrogen) atoms. The first-order valence-corrected chi connectivity index (χ1v) is 49.2. The molecule has 0 radical (unpaired) electrons. The summed E-state index contributed by atoms with van der Waals surface area (Å²) in [6, 6.07) is 56.5. The lowest BCUT2D eigenvalue weighted by Crippen LogP contribution is -2.39. The molecule has 8 aliphatic rings. The van der Waals surface area contributed by atoms with E-state index in [1.165, 1.54) is 46.3 Å². The molecule has 0 fully saturated rings. The summed E-state index contributed by atoms with van der Waals surface area (Å²) in [5, 5.41) is 17.0. The molecule has 8 aliphatic heterocycles. The molecular formula is C114H120N10O21. The Kier molecular flexibility index (Phi) is 32.1. The van der Waals surface area contributed by atoms with Crippen LogP contribution in [0.15, 0.2) is 192 Å². The van der Waals surface area contributed by atoms with Gasteiger partial charge in [-0.05, 0) is 256 Å². The van der Waals surface area contributed by atoms with Crippen LogP contribution >= 0.6 is 0 Å². The Bertz CT molecular complexity index is 6790. The molecule has 7 amide bonds. The van der Waals surface area contributed by atoms with E-state index < -0.39 is 35.8 Å². The second-order valence-electron chi connectivity index (χ2n) is 38.1. The number of nitrogens with two attached hydrogens (primary N) is 1. The molecule has 0 unspecified atom stereocenters. The number of nitrogens with one attached hydrogen (secondary N) is 3. The first-order valence-electron chi connectivity index (χ1n) is 49.2. The van der Waals surface area contributed by atoms with Gasteiger partial charge >= 0.3 is 17.9 Å². The van der Waals surface area contributed by atoms with Crippen molar-refractivity contribution in [3.8, 4) is 34.5 Å². The fraction of sp³-hybridized carbons (Fsp3) is 0.351. The number of ketones is 2. The highest BCUT2D eigenvalue weighted by atomic mass is 16.5. The number of esters is 2. The van der Waals surface area contributed by atoms with Crippen molar-refractivity contribution in [2.45, 2.75) is 220 Å². The van der Waals surface area contributed by atoms with Gasteiger partial charge < -0.3 is 74.5 Å². The van der Waals surface area contributed by atoms with Crippen molar-refractivity contribution in [2.75, 3.05) is 59.1 Å². The number of carboxylic acids is 1. The maximum atomic E-state index is 14.1. The molecule has 10 aromatic rings. The van der Waals surface area contributed by atoms with Gasteiger partial charge in [0.05, 0.1) is 81.0 Å². The zero-order valence-electron chi connectivity index (χ0n) is 83.0. The summed E-state index contributed by atoms with van der Waals surface area (Å²) in [6.07, 6.45) is 12.6. The van der Waals surface area contributed by atoms with Crippen molar-refractivity contribution in [1.82, 2.24) is 10.6 Å². The fourth-order valence-electron chi connectivity index (χ4n) is 19.9. The van der Waals surface area contributed by atoms with E-state index in [1.807, 2.05) is 156 Å². The second-order valence-corrected chi connectivity index (χ2v) is 38.1. The number of hydrogen-bond acceptors (Lipinski definition) is 23. The number of unbranched alkanes of at least 4 members (excludes halogenated alkanes) is 2. The molecule has 0 aromatic heterocycles. The van der Waals surface area contributed by atoms with Crippen LogP contribution in [0.1, 0.15) is 213 Å². The Balaban J connectivity index is 0.000000179. The van der Waals surface area contributed by atoms with Crippen molar-refractivity contribution in [2.24, 2.45) is 21.8 Å². The number of para-hydroxylation sites is 4. The van der Waals surface area contributed by atoms with Gasteiger partial charge in [-0.25, -0.2) is 0 Å². The Labute approximate surface area is 841 Å². The number of aliphatic imine (C=N–C) groups is 2. The number of anilines is 6. The number of benzene rings is 10. The van der Waals surface area contributed by atoms with E-state index in [4.69, 9.17) is 49.2 Å². The van der Waals surface area contributed by atoms with E-state index in [0.29, 0.717) is 118 Å². The standard InChI is InChI=1S/C57H59N5O10.C43H38N4O5.C14H23NO6/c1-33-20-44-38(18-19-42-25-39-12-6-8-14-47(39)61(42)56(44)67)27-50(33)71-31-36-22-37(24-41(23-36)60-55(66)34(2)21-49(63)35(3)59-53(64)16-10-11-17-54(65)70-5)32-72-52-29-46-45(28-51(52)69-4)57(68)62-43(30-58-46)26-40-13-7-9-15-48(40)62;1-25-13-34-28(11-12-32-17-29-7-3-5-9-37(29)46(32)42(34)48)19-39(25)51-23-26-14-27(16-31(44)15-26)24-52-41-21-36-35(20-40(41)50-2)43(49)47-33(22-45-36)18-30-8-4-6-10-38(30)47;1-9(14(19)20)8-11(16)10(2)15-12(17)6-4-5-7-13(18)21-3/h6-9,12-15,20,22-24,27-30,34-35,42-43H,10-11,16-19,21,25-26,31-32H2,1-5H3,(H,59,64)(H,60,66);3-10,13-16,19-22,32-33H,11-12,17-18,23-24,44H2,1-2H3;9-10H,4-8H2,1-3H3,(H,15,17)(H,19,20)/t34-,35+,42-,43+;32-,33+;9-,10+/m111/s1. The van der Waals surface area contributed by atoms with Crippen molar-refractivity contribution >= 4 is 129 Å². The number of nitrogen functional groups attached to an aromatic ring is 1. The number of aryl methyl sites for hydroxylation is 4. The van der Waals surface area contributed by atoms with E-state index in [2.05, 4.69) is 49.7 Å². The fourth-order valence-corrected chi connectivity index (χ4v) is 19.9. The molecule has 18 rings (SSSR count). The Hall–Kier alpha value is -15.8. The molecule has 31 heteroatoms. The Morgan fingerprint density at radius 1 is 0.407 bits per heavy atom. The number of carbonyl (C=O) groups excluding carboxylic acids is 11. The van der Waals surface area contributed by atoms with Crippen LogP contribution in [0.3, 0.4) is 0 Å². The van der Waals surface area contributed by atoms with Gasteiger partial charge in [-0.1, -0.05) is 86.6 Å². The molecule has 0 saturated heterocycles. The second kappa shape index (κ2) is 45.6. The number of Topliss-reactive ketones (excluding diaryl/α,β-unsaturated/α-hetero) is 2. The van der Waals surface area contributed by atoms with Crippen molar-refractivity contribution in [1.29, 1.82) is 0 Å². The van der Waals surface area contributed by atoms with E-state index >= 15 is 0 Å². The molecule has 0 aliphatic carbocycles. The summed E-state index contributed by atoms with van der Waals surface area (Å²) < 4.78 is 46.2. The van der Waals surface area contributed by atoms with Gasteiger partial charge in [0.2, 0.25) is 17.7 Å². The highest BCUT2D eigenvalue weighted by Crippen LogP contribution is 2.47. The van der Waals surface area contributed by atoms with Crippen LogP contribution in [0.5, 0.6) is 34.5 Å². The van der Waals surface area contributed by atoms with Crippen LogP contribution in [-0.4, -0.2) is 153 Å². The quantitative estimate of drug-likeness (QED) is 0.0140. The van der Waals surface area contributed by atoms with Gasteiger partial charge in [-0.15, -0.1) is 0 Å². The number of carbonyl (C=O) groups is 12. The third-order valence-corrected chi connectivity index (χ3v) is 27.7. The van der Waals surface area contributed by atoms with Gasteiger partial charge in [0.1, 0.15) is 37.9 Å². The number of aliphatic carboxylic acids is 1. The monoisotopic (exact) mass is 1960 g/mol. The third-order valence-electron chi connectivity index (χ3n) is 27.7. The smallest absolute Gasteiger partial charge is 0.306 e. The number of amides is 7. The van der Waals surface area contributed by atoms with Crippen molar-refractivity contribution in [3.05, 3.63) is 271 Å². The van der Waals surface area contributed by atoms with Crippen molar-refractivity contribution < 1.29 is 101 Å². The number of carboxylic acid groups (broad SMARTS) is 1. The lowest BCUT2D eigenvalue weighted by Gasteiger charge is -2.23. The summed E-state index contributed by atoms with van der Waals surface area (Å²) in [4.78, 5) is 169. The predicted molar refractivity (Wildman–Crippen MR) is 549 cm³/mol. The van der Waals surface area contributed by atoms with Crippen LogP contribution in [-0.2, 0) is 113 Å². The van der Waals surface area contributed by atoms with Crippen LogP contribution in [0.2, 0.25) is 0 Å². The highest BCUT2D eigenvalue weighted by Gasteiger charge is 2.43. The summed E-state index contributed by atoms with van der Waals surface area (Å²) >= 11 is 0. The molecule has 8 atom stereocenters. The molecule has 752 valence electrons. The van der Waals surface area contributed by atoms with E-state index in [0.717, 1.165) is 124 Å². The average molecular weight is 1970 g/mol. The Morgan fingerprint density at radius 2 is 0.766 bits per heavy atom. The minimum absolute atomic E-state index is 0.00461. The van der Waals surface area contributed by atoms with Gasteiger partial charge in [0, 0.05) is 139 Å². The maximum absolute atomic E-state index is 14.1. The number of ether oxygens (including phenoxy) is 8. The minimum Gasteiger partial charge on any atom is -0.493 e. The first kappa shape index (κ1) is 102. The molecule has 10 aromatic carbocycles. The van der Waals surface area contributed by atoms with E-state index in [9.17, 15) is 57.5 Å². The lowest BCUT2D eigenvalue weighted by atomic mass is 9.98. The molecular weight excluding hydrogens is 1850 g/mol. The maximum Gasteiger partial charge on any atom is 0.306 e. The number of fused-ring (bicyclic) bond motifs is 16. The van der Waals surface area contributed by atoms with Gasteiger partial charge in [0.25, 0.3) is 23.6 Å². The summed E-state index contributed by atoms with van der Waals surface area (Å²) in [5.41, 5.74) is 25.9. The zero-order chi connectivity index (χ0) is 103. The normalized spacial score (nSPS) is 16.8.